The maximum absolute atomic E-state index is 12.3. The number of nitrogens with zero attached hydrogens (tertiary/aromatic N) is 2. The second-order valence-electron chi connectivity index (χ2n) is 5.21. The van der Waals surface area contributed by atoms with Gasteiger partial charge in [-0.15, -0.1) is 0 Å². The number of methoxy groups -OCH3 is 1. The Bertz CT molecular complexity index is 648. The maximum atomic E-state index is 12.3. The Balaban J connectivity index is 1.70. The lowest BCUT2D eigenvalue weighted by atomic mass is 10.1. The summed E-state index contributed by atoms with van der Waals surface area (Å²) in [6, 6.07) is 7.48. The number of carbonyl (C=O) groups is 1. The number of anilines is 1. The van der Waals surface area contributed by atoms with Crippen molar-refractivity contribution >= 4 is 11.6 Å². The van der Waals surface area contributed by atoms with Crippen LogP contribution in [0.25, 0.3) is 0 Å². The van der Waals surface area contributed by atoms with Crippen LogP contribution in [0.4, 0.5) is 5.69 Å². The van der Waals surface area contributed by atoms with Gasteiger partial charge in [0.25, 0.3) is 5.91 Å². The summed E-state index contributed by atoms with van der Waals surface area (Å²) in [5.41, 5.74) is 1.19. The fourth-order valence-electron chi connectivity index (χ4n) is 2.58. The average Bonchev–Trinajstić information content (AvgIpc) is 3.04. The fraction of sp³-hybridized carbons (Fsp3) is 0.375. The molecule has 1 aromatic heterocycles. The summed E-state index contributed by atoms with van der Waals surface area (Å²) < 4.78 is 12.5. The number of hydrogen-bond acceptors (Lipinski definition) is 4. The standard InChI is InChI=1S/C16H19N3O3/c1-21-15-5-3-2-4-14(15)16(20)18-12-10-17-19(11-12)13-6-8-22-9-7-13/h2-5,10-11,13H,6-9H2,1H3,(H,18,20). The van der Waals surface area contributed by atoms with Gasteiger partial charge in [0.15, 0.2) is 0 Å². The molecule has 0 aliphatic carbocycles. The summed E-state index contributed by atoms with van der Waals surface area (Å²) in [4.78, 5) is 12.3. The van der Waals surface area contributed by atoms with Crippen molar-refractivity contribution in [2.24, 2.45) is 0 Å². The van der Waals surface area contributed by atoms with Crippen molar-refractivity contribution in [3.8, 4) is 5.75 Å². The monoisotopic (exact) mass is 301 g/mol. The second kappa shape index (κ2) is 6.62. The Hall–Kier alpha value is -2.34. The van der Waals surface area contributed by atoms with Gasteiger partial charge in [-0.3, -0.25) is 9.48 Å². The fourth-order valence-corrected chi connectivity index (χ4v) is 2.58. The van der Waals surface area contributed by atoms with E-state index in [9.17, 15) is 4.79 Å². The Kier molecular flexibility index (Phi) is 4.39. The molecule has 1 aliphatic heterocycles. The summed E-state index contributed by atoms with van der Waals surface area (Å²) in [6.07, 6.45) is 5.43. The van der Waals surface area contributed by atoms with E-state index in [0.717, 1.165) is 26.1 Å². The molecule has 6 heteroatoms. The molecule has 22 heavy (non-hydrogen) atoms. The third-order valence-electron chi connectivity index (χ3n) is 3.78. The largest absolute Gasteiger partial charge is 0.496 e. The van der Waals surface area contributed by atoms with Gasteiger partial charge >= 0.3 is 0 Å². The molecule has 2 aromatic rings. The number of benzene rings is 1. The summed E-state index contributed by atoms with van der Waals surface area (Å²) in [6.45, 7) is 1.51. The van der Waals surface area contributed by atoms with Crippen LogP contribution in [-0.4, -0.2) is 36.0 Å². The number of aromatic nitrogens is 2. The zero-order chi connectivity index (χ0) is 15.4. The molecule has 0 unspecified atom stereocenters. The highest BCUT2D eigenvalue weighted by molar-refractivity contribution is 6.06. The Morgan fingerprint density at radius 1 is 1.36 bits per heavy atom. The lowest BCUT2D eigenvalue weighted by Crippen LogP contribution is -2.19. The molecule has 0 bridgehead atoms. The zero-order valence-electron chi connectivity index (χ0n) is 12.5. The van der Waals surface area contributed by atoms with E-state index in [-0.39, 0.29) is 5.91 Å². The number of para-hydroxylation sites is 1. The maximum Gasteiger partial charge on any atom is 0.259 e. The molecule has 0 radical (unpaired) electrons. The van der Waals surface area contributed by atoms with Gasteiger partial charge in [-0.1, -0.05) is 12.1 Å². The van der Waals surface area contributed by atoms with Crippen LogP contribution in [-0.2, 0) is 4.74 Å². The lowest BCUT2D eigenvalue weighted by molar-refractivity contribution is 0.0662. The van der Waals surface area contributed by atoms with Crippen LogP contribution in [0, 0.1) is 0 Å². The van der Waals surface area contributed by atoms with E-state index in [2.05, 4.69) is 10.4 Å². The first-order chi connectivity index (χ1) is 10.8. The molecule has 0 atom stereocenters. The third kappa shape index (κ3) is 3.12. The number of nitrogens with one attached hydrogen (secondary N) is 1. The summed E-state index contributed by atoms with van der Waals surface area (Å²) in [7, 11) is 1.55. The second-order valence-corrected chi connectivity index (χ2v) is 5.21. The molecule has 6 nitrogen and oxygen atoms in total. The van der Waals surface area contributed by atoms with Crippen molar-refractivity contribution in [1.29, 1.82) is 0 Å². The van der Waals surface area contributed by atoms with Gasteiger partial charge in [-0.05, 0) is 25.0 Å². The Labute approximate surface area is 129 Å². The molecular formula is C16H19N3O3. The van der Waals surface area contributed by atoms with Crippen molar-refractivity contribution in [2.45, 2.75) is 18.9 Å². The zero-order valence-corrected chi connectivity index (χ0v) is 12.5. The van der Waals surface area contributed by atoms with E-state index < -0.39 is 0 Å². The van der Waals surface area contributed by atoms with Crippen molar-refractivity contribution in [2.75, 3.05) is 25.6 Å². The van der Waals surface area contributed by atoms with E-state index in [1.807, 2.05) is 23.0 Å². The van der Waals surface area contributed by atoms with Gasteiger partial charge in [-0.25, -0.2) is 0 Å². The molecule has 1 aromatic carbocycles. The first-order valence-corrected chi connectivity index (χ1v) is 7.34. The molecular weight excluding hydrogens is 282 g/mol. The van der Waals surface area contributed by atoms with Gasteiger partial charge in [-0.2, -0.15) is 5.10 Å². The summed E-state index contributed by atoms with van der Waals surface area (Å²) in [5.74, 6) is 0.348. The molecule has 1 amide bonds. The molecule has 0 spiro atoms. The molecule has 3 rings (SSSR count). The van der Waals surface area contributed by atoms with Crippen LogP contribution in [0.2, 0.25) is 0 Å². The quantitative estimate of drug-likeness (QED) is 0.942. The number of ether oxygens (including phenoxy) is 2. The van der Waals surface area contributed by atoms with Crippen LogP contribution in [0.1, 0.15) is 29.2 Å². The number of rotatable bonds is 4. The van der Waals surface area contributed by atoms with E-state index in [1.165, 1.54) is 0 Å². The topological polar surface area (TPSA) is 65.4 Å². The first kappa shape index (κ1) is 14.6. The normalized spacial score (nSPS) is 15.5. The molecule has 1 aliphatic rings. The predicted molar refractivity (Wildman–Crippen MR) is 82.3 cm³/mol. The molecule has 2 heterocycles. The van der Waals surface area contributed by atoms with Crippen molar-refractivity contribution in [1.82, 2.24) is 9.78 Å². The smallest absolute Gasteiger partial charge is 0.259 e. The van der Waals surface area contributed by atoms with Crippen molar-refractivity contribution in [3.63, 3.8) is 0 Å². The van der Waals surface area contributed by atoms with E-state index >= 15 is 0 Å². The lowest BCUT2D eigenvalue weighted by Gasteiger charge is -2.22. The molecule has 1 saturated heterocycles. The van der Waals surface area contributed by atoms with Crippen LogP contribution < -0.4 is 10.1 Å². The van der Waals surface area contributed by atoms with Gasteiger partial charge < -0.3 is 14.8 Å². The highest BCUT2D eigenvalue weighted by atomic mass is 16.5. The molecule has 0 saturated carbocycles. The number of carbonyl (C=O) groups excluding carboxylic acids is 1. The Morgan fingerprint density at radius 2 is 2.14 bits per heavy atom. The van der Waals surface area contributed by atoms with Gasteiger partial charge in [0, 0.05) is 19.4 Å². The third-order valence-corrected chi connectivity index (χ3v) is 3.78. The predicted octanol–water partition coefficient (Wildman–Crippen LogP) is 2.50. The highest BCUT2D eigenvalue weighted by Gasteiger charge is 2.17. The molecule has 116 valence electrons. The van der Waals surface area contributed by atoms with Gasteiger partial charge in [0.05, 0.1) is 30.6 Å². The molecule has 1 fully saturated rings. The average molecular weight is 301 g/mol. The first-order valence-electron chi connectivity index (χ1n) is 7.34. The number of hydrogen-bond donors (Lipinski definition) is 1. The van der Waals surface area contributed by atoms with Crippen LogP contribution in [0.3, 0.4) is 0 Å². The number of amides is 1. The highest BCUT2D eigenvalue weighted by Crippen LogP contribution is 2.23. The van der Waals surface area contributed by atoms with Crippen molar-refractivity contribution in [3.05, 3.63) is 42.2 Å². The minimum Gasteiger partial charge on any atom is -0.496 e. The van der Waals surface area contributed by atoms with Gasteiger partial charge in [0.1, 0.15) is 5.75 Å². The van der Waals surface area contributed by atoms with Gasteiger partial charge in [0.2, 0.25) is 0 Å². The van der Waals surface area contributed by atoms with E-state index in [4.69, 9.17) is 9.47 Å². The van der Waals surface area contributed by atoms with E-state index in [1.54, 1.807) is 25.4 Å². The summed E-state index contributed by atoms with van der Waals surface area (Å²) in [5, 5.41) is 7.20. The molecule has 1 N–H and O–H groups in total. The van der Waals surface area contributed by atoms with Crippen molar-refractivity contribution < 1.29 is 14.3 Å². The minimum absolute atomic E-state index is 0.205. The summed E-state index contributed by atoms with van der Waals surface area (Å²) >= 11 is 0. The minimum atomic E-state index is -0.205. The Morgan fingerprint density at radius 3 is 2.91 bits per heavy atom. The van der Waals surface area contributed by atoms with Crippen LogP contribution in [0.15, 0.2) is 36.7 Å². The SMILES string of the molecule is COc1ccccc1C(=O)Nc1cnn(C2CCOCC2)c1. The van der Waals surface area contributed by atoms with E-state index in [0.29, 0.717) is 23.0 Å². The van der Waals surface area contributed by atoms with Crippen LogP contribution >= 0.6 is 0 Å². The van der Waals surface area contributed by atoms with Crippen LogP contribution in [0.5, 0.6) is 5.75 Å².